The van der Waals surface area contributed by atoms with Gasteiger partial charge in [0, 0.05) is 0 Å². The molecule has 1 saturated heterocycles. The molecule has 1 heterocycles. The van der Waals surface area contributed by atoms with Gasteiger partial charge >= 0.3 is 0 Å². The molecule has 0 bridgehead atoms. The summed E-state index contributed by atoms with van der Waals surface area (Å²) in [7, 11) is 0. The van der Waals surface area contributed by atoms with Gasteiger partial charge < -0.3 is 9.47 Å². The third-order valence-electron chi connectivity index (χ3n) is 1.31. The molecule has 1 atom stereocenters. The highest BCUT2D eigenvalue weighted by atomic mass is 19.3. The van der Waals surface area contributed by atoms with E-state index in [4.69, 9.17) is 9.47 Å². The molecule has 0 aliphatic carbocycles. The van der Waals surface area contributed by atoms with Gasteiger partial charge in [0.2, 0.25) is 0 Å². The van der Waals surface area contributed by atoms with Crippen molar-refractivity contribution in [3.8, 4) is 0 Å². The summed E-state index contributed by atoms with van der Waals surface area (Å²) in [6.07, 6.45) is -3.49. The Morgan fingerprint density at radius 3 is 2.30 bits per heavy atom. The third-order valence-corrected chi connectivity index (χ3v) is 1.31. The van der Waals surface area contributed by atoms with E-state index in [0.717, 1.165) is 0 Å². The lowest BCUT2D eigenvalue weighted by molar-refractivity contribution is -0.154. The first-order valence-electron chi connectivity index (χ1n) is 3.11. The third kappa shape index (κ3) is 1.64. The molecule has 4 heteroatoms. The van der Waals surface area contributed by atoms with Crippen molar-refractivity contribution < 1.29 is 18.3 Å². The molecule has 0 saturated carbocycles. The molecule has 0 spiro atoms. The quantitative estimate of drug-likeness (QED) is 0.565. The molecule has 1 rings (SSSR count). The van der Waals surface area contributed by atoms with Gasteiger partial charge in [0.05, 0.1) is 6.61 Å². The van der Waals surface area contributed by atoms with Gasteiger partial charge in [-0.1, -0.05) is 0 Å². The summed E-state index contributed by atoms with van der Waals surface area (Å²) in [5.41, 5.74) is 0. The molecule has 0 N–H and O–H groups in total. The zero-order valence-corrected chi connectivity index (χ0v) is 5.93. The van der Waals surface area contributed by atoms with Crippen molar-refractivity contribution in [3.63, 3.8) is 0 Å². The fourth-order valence-electron chi connectivity index (χ4n) is 0.840. The van der Waals surface area contributed by atoms with Gasteiger partial charge in [0.15, 0.2) is 5.79 Å². The molecule has 1 fully saturated rings. The van der Waals surface area contributed by atoms with E-state index in [1.165, 1.54) is 0 Å². The van der Waals surface area contributed by atoms with Crippen LogP contribution in [0.25, 0.3) is 0 Å². The van der Waals surface area contributed by atoms with E-state index in [1.807, 2.05) is 0 Å². The molecule has 0 radical (unpaired) electrons. The van der Waals surface area contributed by atoms with Gasteiger partial charge in [-0.05, 0) is 13.8 Å². The van der Waals surface area contributed by atoms with Crippen molar-refractivity contribution in [1.29, 1.82) is 0 Å². The maximum Gasteiger partial charge on any atom is 0.266 e. The summed E-state index contributed by atoms with van der Waals surface area (Å²) >= 11 is 0. The Kier molecular flexibility index (Phi) is 1.92. The van der Waals surface area contributed by atoms with Crippen LogP contribution in [0, 0.1) is 0 Å². The van der Waals surface area contributed by atoms with Crippen molar-refractivity contribution in [1.82, 2.24) is 0 Å². The lowest BCUT2D eigenvalue weighted by atomic mass is 10.4. The normalized spacial score (nSPS) is 31.5. The van der Waals surface area contributed by atoms with E-state index in [9.17, 15) is 8.78 Å². The van der Waals surface area contributed by atoms with Crippen LogP contribution in [0.4, 0.5) is 8.78 Å². The van der Waals surface area contributed by atoms with Crippen LogP contribution in [0.1, 0.15) is 13.8 Å². The second-order valence-electron chi connectivity index (χ2n) is 2.70. The van der Waals surface area contributed by atoms with Crippen molar-refractivity contribution in [2.75, 3.05) is 6.61 Å². The van der Waals surface area contributed by atoms with Crippen LogP contribution in [-0.4, -0.2) is 24.9 Å². The molecule has 1 aliphatic heterocycles. The van der Waals surface area contributed by atoms with Gasteiger partial charge in [-0.3, -0.25) is 0 Å². The first kappa shape index (κ1) is 7.88. The first-order chi connectivity index (χ1) is 4.51. The van der Waals surface area contributed by atoms with Crippen LogP contribution in [0.2, 0.25) is 0 Å². The summed E-state index contributed by atoms with van der Waals surface area (Å²) in [6.45, 7) is 3.23. The average molecular weight is 152 g/mol. The molecule has 0 aromatic rings. The highest BCUT2D eigenvalue weighted by Crippen LogP contribution is 2.25. The van der Waals surface area contributed by atoms with E-state index >= 15 is 0 Å². The summed E-state index contributed by atoms with van der Waals surface area (Å²) in [5, 5.41) is 0. The predicted octanol–water partition coefficient (Wildman–Crippen LogP) is 1.40. The molecule has 10 heavy (non-hydrogen) atoms. The van der Waals surface area contributed by atoms with Gasteiger partial charge in [-0.25, -0.2) is 8.78 Å². The smallest absolute Gasteiger partial charge is 0.266 e. The summed E-state index contributed by atoms with van der Waals surface area (Å²) in [6, 6.07) is 0. The second kappa shape index (κ2) is 2.43. The molecule has 0 aromatic carbocycles. The van der Waals surface area contributed by atoms with Crippen LogP contribution in [0.5, 0.6) is 0 Å². The van der Waals surface area contributed by atoms with Crippen LogP contribution >= 0.6 is 0 Å². The predicted molar refractivity (Wildman–Crippen MR) is 30.9 cm³/mol. The maximum atomic E-state index is 11.9. The van der Waals surface area contributed by atoms with Gasteiger partial charge in [0.25, 0.3) is 6.43 Å². The van der Waals surface area contributed by atoms with E-state index < -0.39 is 18.3 Å². The fraction of sp³-hybridized carbons (Fsp3) is 1.00. The number of ether oxygens (including phenoxy) is 2. The molecule has 60 valence electrons. The van der Waals surface area contributed by atoms with Crippen LogP contribution in [-0.2, 0) is 9.47 Å². The molecule has 1 aliphatic rings. The Morgan fingerprint density at radius 1 is 1.50 bits per heavy atom. The van der Waals surface area contributed by atoms with Crippen molar-refractivity contribution >= 4 is 0 Å². The number of halogens is 2. The fourth-order valence-corrected chi connectivity index (χ4v) is 0.840. The standard InChI is InChI=1S/C6H10F2O2/c1-6(2)9-3-4(10-6)5(7)8/h4-5H,3H2,1-2H3/t4-/m0/s1. The molecule has 2 nitrogen and oxygen atoms in total. The Bertz CT molecular complexity index is 125. The zero-order chi connectivity index (χ0) is 7.78. The Morgan fingerprint density at radius 2 is 2.10 bits per heavy atom. The number of hydrogen-bond acceptors (Lipinski definition) is 2. The van der Waals surface area contributed by atoms with Crippen LogP contribution in [0.15, 0.2) is 0 Å². The minimum Gasteiger partial charge on any atom is -0.348 e. The Balaban J connectivity index is 2.43. The van der Waals surface area contributed by atoms with Crippen molar-refractivity contribution in [2.24, 2.45) is 0 Å². The zero-order valence-electron chi connectivity index (χ0n) is 5.93. The molecular weight excluding hydrogens is 142 g/mol. The highest BCUT2D eigenvalue weighted by molar-refractivity contribution is 4.72. The summed E-state index contributed by atoms with van der Waals surface area (Å²) in [4.78, 5) is 0. The molecule has 0 unspecified atom stereocenters. The van der Waals surface area contributed by atoms with Crippen LogP contribution < -0.4 is 0 Å². The van der Waals surface area contributed by atoms with Gasteiger partial charge in [-0.2, -0.15) is 0 Å². The molecule has 0 amide bonds. The van der Waals surface area contributed by atoms with Crippen molar-refractivity contribution in [3.05, 3.63) is 0 Å². The van der Waals surface area contributed by atoms with E-state index in [-0.39, 0.29) is 6.61 Å². The summed E-state index contributed by atoms with van der Waals surface area (Å²) < 4.78 is 33.5. The SMILES string of the molecule is CC1(C)OC[C@@H](C(F)F)O1. The number of hydrogen-bond donors (Lipinski definition) is 0. The number of alkyl halides is 2. The van der Waals surface area contributed by atoms with E-state index in [1.54, 1.807) is 13.8 Å². The number of rotatable bonds is 1. The van der Waals surface area contributed by atoms with E-state index in [0.29, 0.717) is 0 Å². The minimum atomic E-state index is -2.44. The molecular formula is C6H10F2O2. The first-order valence-corrected chi connectivity index (χ1v) is 3.11. The maximum absolute atomic E-state index is 11.9. The minimum absolute atomic E-state index is 0.00926. The average Bonchev–Trinajstić information content (AvgIpc) is 2.10. The van der Waals surface area contributed by atoms with Gasteiger partial charge in [0.1, 0.15) is 6.10 Å². The monoisotopic (exact) mass is 152 g/mol. The van der Waals surface area contributed by atoms with E-state index in [2.05, 4.69) is 0 Å². The topological polar surface area (TPSA) is 18.5 Å². The molecule has 0 aromatic heterocycles. The van der Waals surface area contributed by atoms with Crippen LogP contribution in [0.3, 0.4) is 0 Å². The Hall–Kier alpha value is -0.220. The highest BCUT2D eigenvalue weighted by Gasteiger charge is 2.37. The van der Waals surface area contributed by atoms with Gasteiger partial charge in [-0.15, -0.1) is 0 Å². The second-order valence-corrected chi connectivity index (χ2v) is 2.70. The lowest BCUT2D eigenvalue weighted by Gasteiger charge is -2.16. The lowest BCUT2D eigenvalue weighted by Crippen LogP contribution is -2.25. The summed E-state index contributed by atoms with van der Waals surface area (Å²) in [5.74, 6) is -0.832. The Labute approximate surface area is 58.1 Å². The largest absolute Gasteiger partial charge is 0.348 e. The van der Waals surface area contributed by atoms with Crippen molar-refractivity contribution in [2.45, 2.75) is 32.2 Å².